The van der Waals surface area contributed by atoms with Gasteiger partial charge in [-0.1, -0.05) is 96.1 Å². The topological polar surface area (TPSA) is 46.5 Å². The normalized spacial score (nSPS) is 11.1. The first-order valence-electron chi connectivity index (χ1n) is 11.5. The minimum absolute atomic E-state index is 0. The first-order valence-corrected chi connectivity index (χ1v) is 11.5. The Labute approximate surface area is 198 Å². The van der Waals surface area contributed by atoms with Crippen LogP contribution in [0.3, 0.4) is 0 Å². The van der Waals surface area contributed by atoms with E-state index in [2.05, 4.69) is 13.0 Å². The number of aryl methyl sites for hydroxylation is 1. The Hall–Kier alpha value is -0.744. The zero-order valence-corrected chi connectivity index (χ0v) is 20.6. The molecule has 0 saturated heterocycles. The number of hydrogen-bond acceptors (Lipinski definition) is 2. The first kappa shape index (κ1) is 28.3. The number of carboxylic acids is 1. The molecule has 0 saturated carbocycles. The van der Waals surface area contributed by atoms with Gasteiger partial charge in [-0.25, -0.2) is 4.79 Å². The van der Waals surface area contributed by atoms with E-state index in [4.69, 9.17) is 4.74 Å². The fourth-order valence-electron chi connectivity index (χ4n) is 3.45. The Morgan fingerprint density at radius 3 is 1.86 bits per heavy atom. The van der Waals surface area contributed by atoms with Crippen LogP contribution in [0, 0.1) is 0 Å². The summed E-state index contributed by atoms with van der Waals surface area (Å²) in [6.07, 6.45) is 18.8. The summed E-state index contributed by atoms with van der Waals surface area (Å²) in [4.78, 5) is 11.2. The smallest absolute Gasteiger partial charge is 1.00 e. The van der Waals surface area contributed by atoms with E-state index in [9.17, 15) is 9.90 Å². The summed E-state index contributed by atoms with van der Waals surface area (Å²) in [5.74, 6) is -0.311. The Bertz CT molecular complexity index is 553. The molecule has 0 spiro atoms. The van der Waals surface area contributed by atoms with Crippen LogP contribution in [0.15, 0.2) is 24.3 Å². The minimum Gasteiger partial charge on any atom is -1.00 e. The van der Waals surface area contributed by atoms with E-state index in [-0.39, 0.29) is 25.9 Å². The van der Waals surface area contributed by atoms with Gasteiger partial charge >= 0.3 is 29.0 Å². The van der Waals surface area contributed by atoms with Crippen LogP contribution < -0.4 is 4.74 Å². The van der Waals surface area contributed by atoms with Crippen LogP contribution in [0.1, 0.15) is 113 Å². The van der Waals surface area contributed by atoms with Crippen LogP contribution in [0.5, 0.6) is 5.75 Å². The predicted molar refractivity (Wildman–Crippen MR) is 126 cm³/mol. The van der Waals surface area contributed by atoms with Crippen LogP contribution in [0.4, 0.5) is 0 Å². The van der Waals surface area contributed by atoms with Gasteiger partial charge in [-0.3, -0.25) is 0 Å². The molecule has 4 heteroatoms. The van der Waals surface area contributed by atoms with Crippen LogP contribution >= 0.6 is 0 Å². The molecule has 29 heavy (non-hydrogen) atoms. The molecule has 0 unspecified atom stereocenters. The maximum atomic E-state index is 11.2. The number of aliphatic carboxylic acids is 1. The molecule has 0 bridgehead atoms. The fraction of sp³-hybridized carbons (Fsp3) is 0.720. The van der Waals surface area contributed by atoms with Gasteiger partial charge in [-0.15, -0.1) is 0 Å². The van der Waals surface area contributed by atoms with Crippen LogP contribution in [-0.2, 0) is 11.2 Å². The molecule has 0 aliphatic carbocycles. The van der Waals surface area contributed by atoms with Crippen LogP contribution in [-0.4, -0.2) is 39.7 Å². The Morgan fingerprint density at radius 1 is 0.897 bits per heavy atom. The van der Waals surface area contributed by atoms with Crippen molar-refractivity contribution >= 4 is 29.0 Å². The first-order chi connectivity index (χ1) is 13.5. The number of benzene rings is 1. The van der Waals surface area contributed by atoms with E-state index < -0.39 is 11.6 Å². The maximum absolute atomic E-state index is 11.2. The molecule has 1 N–H and O–H groups in total. The van der Waals surface area contributed by atoms with Crippen molar-refractivity contribution in [2.24, 2.45) is 0 Å². The summed E-state index contributed by atoms with van der Waals surface area (Å²) in [6, 6.07) is 7.86. The molecular weight excluding hydrogens is 373 g/mol. The summed E-state index contributed by atoms with van der Waals surface area (Å²) in [5, 5.41) is 9.18. The van der Waals surface area contributed by atoms with Gasteiger partial charge in [0.2, 0.25) is 0 Å². The Kier molecular flexibility index (Phi) is 16.6. The predicted octanol–water partition coefficient (Wildman–Crippen LogP) is 7.41. The van der Waals surface area contributed by atoms with Gasteiger partial charge < -0.3 is 12.7 Å². The quantitative estimate of drug-likeness (QED) is 0.212. The van der Waals surface area contributed by atoms with Gasteiger partial charge in [0.15, 0.2) is 5.60 Å². The van der Waals surface area contributed by atoms with Crippen LogP contribution in [0.25, 0.3) is 0 Å². The van der Waals surface area contributed by atoms with Crippen molar-refractivity contribution < 1.29 is 17.5 Å². The molecule has 0 aliphatic heterocycles. The molecule has 0 aliphatic rings. The molecule has 3 nitrogen and oxygen atoms in total. The summed E-state index contributed by atoms with van der Waals surface area (Å²) in [7, 11) is 0. The standard InChI is InChI=1S/C25H42O3.Mg.2H/c1-4-5-6-7-8-9-10-11-12-13-14-15-16-18-22-19-17-20-23(21-22)28-25(2,3)24(26)27;;;/h17,19-21H,4-16,18H2,1-3H3,(H,26,27);;;/q;+2;2*-1. The van der Waals surface area contributed by atoms with Gasteiger partial charge in [0, 0.05) is 0 Å². The maximum Gasteiger partial charge on any atom is 2.00 e. The van der Waals surface area contributed by atoms with Crippen molar-refractivity contribution in [3.05, 3.63) is 29.8 Å². The van der Waals surface area contributed by atoms with E-state index in [1.165, 1.54) is 89.0 Å². The van der Waals surface area contributed by atoms with E-state index >= 15 is 0 Å². The molecule has 0 radical (unpaired) electrons. The molecular formula is C25H44MgO3. The molecule has 0 amide bonds. The number of rotatable bonds is 17. The zero-order chi connectivity index (χ0) is 20.7. The summed E-state index contributed by atoms with van der Waals surface area (Å²) in [6.45, 7) is 5.43. The van der Waals surface area contributed by atoms with Crippen molar-refractivity contribution in [3.8, 4) is 5.75 Å². The average Bonchev–Trinajstić information content (AvgIpc) is 2.65. The van der Waals surface area contributed by atoms with Crippen molar-refractivity contribution in [3.63, 3.8) is 0 Å². The number of hydrogen-bond donors (Lipinski definition) is 1. The zero-order valence-electron chi connectivity index (χ0n) is 21.2. The van der Waals surface area contributed by atoms with Gasteiger partial charge in [0.1, 0.15) is 5.75 Å². The second-order valence-corrected chi connectivity index (χ2v) is 8.56. The monoisotopic (exact) mass is 416 g/mol. The minimum atomic E-state index is -1.20. The third-order valence-corrected chi connectivity index (χ3v) is 5.36. The Morgan fingerprint density at radius 2 is 1.38 bits per heavy atom. The number of ether oxygens (including phenoxy) is 1. The molecule has 0 aromatic heterocycles. The van der Waals surface area contributed by atoms with Crippen molar-refractivity contribution in [1.29, 1.82) is 0 Å². The molecule has 0 heterocycles. The molecule has 1 aromatic rings. The van der Waals surface area contributed by atoms with E-state index in [0.717, 1.165) is 6.42 Å². The second-order valence-electron chi connectivity index (χ2n) is 8.56. The SMILES string of the molecule is CCCCCCCCCCCCCCCc1cccc(OC(C)(C)C(=O)O)c1.[H-].[H-].[Mg+2]. The van der Waals surface area contributed by atoms with Gasteiger partial charge in [0.05, 0.1) is 0 Å². The van der Waals surface area contributed by atoms with Gasteiger partial charge in [-0.2, -0.15) is 0 Å². The Balaban J connectivity index is -0.00000261. The fourth-order valence-corrected chi connectivity index (χ4v) is 3.45. The third-order valence-electron chi connectivity index (χ3n) is 5.36. The molecule has 1 aromatic carbocycles. The number of carboxylic acid groups (broad SMARTS) is 1. The van der Waals surface area contributed by atoms with Crippen molar-refractivity contribution in [2.45, 2.75) is 116 Å². The third kappa shape index (κ3) is 14.0. The molecule has 0 atom stereocenters. The number of carbonyl (C=O) groups is 1. The largest absolute Gasteiger partial charge is 2.00 e. The van der Waals surface area contributed by atoms with E-state index in [0.29, 0.717) is 5.75 Å². The summed E-state index contributed by atoms with van der Waals surface area (Å²) >= 11 is 0. The summed E-state index contributed by atoms with van der Waals surface area (Å²) < 4.78 is 5.62. The van der Waals surface area contributed by atoms with Crippen molar-refractivity contribution in [2.75, 3.05) is 0 Å². The van der Waals surface area contributed by atoms with E-state index in [1.54, 1.807) is 13.8 Å². The van der Waals surface area contributed by atoms with Crippen LogP contribution in [0.2, 0.25) is 0 Å². The molecule has 1 rings (SSSR count). The average molecular weight is 417 g/mol. The van der Waals surface area contributed by atoms with E-state index in [1.807, 2.05) is 18.2 Å². The number of unbranched alkanes of at least 4 members (excludes halogenated alkanes) is 12. The van der Waals surface area contributed by atoms with Gasteiger partial charge in [-0.05, 0) is 44.4 Å². The second kappa shape index (κ2) is 17.0. The molecule has 164 valence electrons. The van der Waals surface area contributed by atoms with Gasteiger partial charge in [0.25, 0.3) is 0 Å². The summed E-state index contributed by atoms with van der Waals surface area (Å²) in [5.41, 5.74) is 0.0236. The molecule has 0 fully saturated rings. The van der Waals surface area contributed by atoms with Crippen molar-refractivity contribution in [1.82, 2.24) is 0 Å².